The maximum absolute atomic E-state index is 8.78. The van der Waals surface area contributed by atoms with E-state index < -0.39 is 0 Å². The first-order valence-electron chi connectivity index (χ1n) is 4.94. The zero-order chi connectivity index (χ0) is 10.1. The lowest BCUT2D eigenvalue weighted by Gasteiger charge is -2.20. The van der Waals surface area contributed by atoms with Crippen molar-refractivity contribution in [1.29, 1.82) is 0 Å². The minimum Gasteiger partial charge on any atom is -0.395 e. The summed E-state index contributed by atoms with van der Waals surface area (Å²) in [6.07, 6.45) is 3.86. The fourth-order valence-corrected chi connectivity index (χ4v) is 1.17. The summed E-state index contributed by atoms with van der Waals surface area (Å²) in [6.45, 7) is 8.46. The van der Waals surface area contributed by atoms with Crippen molar-refractivity contribution >= 4 is 0 Å². The van der Waals surface area contributed by atoms with E-state index in [-0.39, 0.29) is 12.6 Å². The molecule has 0 saturated carbocycles. The molecule has 13 heavy (non-hydrogen) atoms. The average Bonchev–Trinajstić information content (AvgIpc) is 2.14. The first-order chi connectivity index (χ1) is 6.24. The molecule has 0 fully saturated rings. The van der Waals surface area contributed by atoms with E-state index in [1.54, 1.807) is 0 Å². The smallest absolute Gasteiger partial charge is 0.0558 e. The van der Waals surface area contributed by atoms with Gasteiger partial charge < -0.3 is 10.8 Å². The number of aliphatic hydroxyl groups is 1. The van der Waals surface area contributed by atoms with Crippen molar-refractivity contribution in [3.8, 4) is 0 Å². The Kier molecular flexibility index (Phi) is 7.99. The highest BCUT2D eigenvalue weighted by atomic mass is 16.3. The quantitative estimate of drug-likeness (QED) is 0.546. The van der Waals surface area contributed by atoms with E-state index in [0.29, 0.717) is 6.54 Å². The van der Waals surface area contributed by atoms with Crippen LogP contribution in [-0.2, 0) is 0 Å². The summed E-state index contributed by atoms with van der Waals surface area (Å²) in [6, 6.07) is 0.283. The molecule has 0 aliphatic carbocycles. The number of aliphatic hydroxyl groups excluding tert-OH is 1. The van der Waals surface area contributed by atoms with Crippen LogP contribution in [0.5, 0.6) is 0 Å². The number of hydrogen-bond donors (Lipinski definition) is 2. The Morgan fingerprint density at radius 2 is 2.23 bits per heavy atom. The van der Waals surface area contributed by atoms with E-state index in [4.69, 9.17) is 10.8 Å². The van der Waals surface area contributed by atoms with Crippen LogP contribution in [0.1, 0.15) is 19.8 Å². The predicted molar refractivity (Wildman–Crippen MR) is 56.6 cm³/mol. The molecule has 3 N–H and O–H groups in total. The van der Waals surface area contributed by atoms with Gasteiger partial charge in [-0.15, -0.1) is 6.58 Å². The van der Waals surface area contributed by atoms with Crippen molar-refractivity contribution in [2.75, 3.05) is 26.2 Å². The van der Waals surface area contributed by atoms with Crippen molar-refractivity contribution in [1.82, 2.24) is 4.90 Å². The zero-order valence-electron chi connectivity index (χ0n) is 8.58. The second-order valence-electron chi connectivity index (χ2n) is 3.27. The van der Waals surface area contributed by atoms with Crippen LogP contribution < -0.4 is 5.73 Å². The summed E-state index contributed by atoms with van der Waals surface area (Å²) >= 11 is 0. The molecule has 3 heteroatoms. The van der Waals surface area contributed by atoms with Gasteiger partial charge in [-0.1, -0.05) is 13.0 Å². The molecule has 0 spiro atoms. The van der Waals surface area contributed by atoms with E-state index >= 15 is 0 Å². The minimum absolute atomic E-state index is 0.204. The van der Waals surface area contributed by atoms with Gasteiger partial charge in [0.15, 0.2) is 0 Å². The molecule has 0 aliphatic rings. The highest BCUT2D eigenvalue weighted by Gasteiger charge is 2.04. The molecule has 0 aliphatic heterocycles. The Bertz CT molecular complexity index is 128. The highest BCUT2D eigenvalue weighted by Crippen LogP contribution is 1.97. The lowest BCUT2D eigenvalue weighted by atomic mass is 10.1. The van der Waals surface area contributed by atoms with Crippen LogP contribution in [0.4, 0.5) is 0 Å². The third-order valence-electron chi connectivity index (χ3n) is 2.14. The molecular weight excluding hydrogens is 164 g/mol. The molecule has 0 bridgehead atoms. The van der Waals surface area contributed by atoms with Gasteiger partial charge in [0.05, 0.1) is 6.61 Å². The Balaban J connectivity index is 3.60. The van der Waals surface area contributed by atoms with Crippen molar-refractivity contribution in [3.05, 3.63) is 12.7 Å². The molecule has 0 saturated heterocycles. The van der Waals surface area contributed by atoms with Crippen LogP contribution >= 0.6 is 0 Å². The van der Waals surface area contributed by atoms with Gasteiger partial charge in [0, 0.05) is 25.7 Å². The van der Waals surface area contributed by atoms with Gasteiger partial charge in [-0.05, 0) is 12.8 Å². The summed E-state index contributed by atoms with van der Waals surface area (Å²) in [5.41, 5.74) is 5.80. The van der Waals surface area contributed by atoms with Gasteiger partial charge in [0.25, 0.3) is 0 Å². The molecule has 0 heterocycles. The molecular formula is C10H22N2O. The number of rotatable bonds is 8. The Morgan fingerprint density at radius 1 is 1.54 bits per heavy atom. The average molecular weight is 186 g/mol. The monoisotopic (exact) mass is 186 g/mol. The van der Waals surface area contributed by atoms with Crippen LogP contribution in [0.3, 0.4) is 0 Å². The Morgan fingerprint density at radius 3 is 2.69 bits per heavy atom. The van der Waals surface area contributed by atoms with Gasteiger partial charge in [-0.2, -0.15) is 0 Å². The van der Waals surface area contributed by atoms with Crippen LogP contribution in [0.2, 0.25) is 0 Å². The van der Waals surface area contributed by atoms with Crippen molar-refractivity contribution in [2.24, 2.45) is 5.73 Å². The van der Waals surface area contributed by atoms with E-state index in [2.05, 4.69) is 18.4 Å². The molecule has 0 aromatic carbocycles. The van der Waals surface area contributed by atoms with Crippen molar-refractivity contribution in [2.45, 2.75) is 25.8 Å². The SMILES string of the molecule is C=CCN(CCO)CCC(N)CC. The summed E-state index contributed by atoms with van der Waals surface area (Å²) in [4.78, 5) is 2.16. The second kappa shape index (κ2) is 8.23. The molecule has 0 aromatic rings. The van der Waals surface area contributed by atoms with Gasteiger partial charge in [0.1, 0.15) is 0 Å². The minimum atomic E-state index is 0.204. The Hall–Kier alpha value is -0.380. The third kappa shape index (κ3) is 6.75. The van der Waals surface area contributed by atoms with Gasteiger partial charge in [-0.25, -0.2) is 0 Å². The number of nitrogens with two attached hydrogens (primary N) is 1. The summed E-state index contributed by atoms with van der Waals surface area (Å²) in [5.74, 6) is 0. The summed E-state index contributed by atoms with van der Waals surface area (Å²) < 4.78 is 0. The summed E-state index contributed by atoms with van der Waals surface area (Å²) in [5, 5.41) is 8.78. The molecule has 0 aromatic heterocycles. The lowest BCUT2D eigenvalue weighted by molar-refractivity contribution is 0.204. The topological polar surface area (TPSA) is 49.5 Å². The van der Waals surface area contributed by atoms with E-state index in [1.165, 1.54) is 0 Å². The molecule has 1 atom stereocenters. The first kappa shape index (κ1) is 12.6. The van der Waals surface area contributed by atoms with Gasteiger partial charge in [0.2, 0.25) is 0 Å². The van der Waals surface area contributed by atoms with E-state index in [1.807, 2.05) is 6.08 Å². The van der Waals surface area contributed by atoms with Crippen LogP contribution in [0, 0.1) is 0 Å². The first-order valence-corrected chi connectivity index (χ1v) is 4.94. The molecule has 0 radical (unpaired) electrons. The second-order valence-corrected chi connectivity index (χ2v) is 3.27. The molecule has 1 unspecified atom stereocenters. The molecule has 0 rings (SSSR count). The maximum atomic E-state index is 8.78. The van der Waals surface area contributed by atoms with Crippen LogP contribution in [0.15, 0.2) is 12.7 Å². The largest absolute Gasteiger partial charge is 0.395 e. The molecule has 3 nitrogen and oxygen atoms in total. The fourth-order valence-electron chi connectivity index (χ4n) is 1.17. The van der Waals surface area contributed by atoms with Crippen LogP contribution in [-0.4, -0.2) is 42.3 Å². The van der Waals surface area contributed by atoms with E-state index in [9.17, 15) is 0 Å². The van der Waals surface area contributed by atoms with Gasteiger partial charge >= 0.3 is 0 Å². The van der Waals surface area contributed by atoms with E-state index in [0.717, 1.165) is 25.9 Å². The number of nitrogens with zero attached hydrogens (tertiary/aromatic N) is 1. The molecule has 78 valence electrons. The lowest BCUT2D eigenvalue weighted by Crippen LogP contribution is -2.32. The Labute approximate surface area is 81.2 Å². The highest BCUT2D eigenvalue weighted by molar-refractivity contribution is 4.74. The normalized spacial score (nSPS) is 13.2. The van der Waals surface area contributed by atoms with Gasteiger partial charge in [-0.3, -0.25) is 4.90 Å². The fraction of sp³-hybridized carbons (Fsp3) is 0.800. The molecule has 0 amide bonds. The van der Waals surface area contributed by atoms with Crippen molar-refractivity contribution in [3.63, 3.8) is 0 Å². The maximum Gasteiger partial charge on any atom is 0.0558 e. The zero-order valence-corrected chi connectivity index (χ0v) is 8.58. The standard InChI is InChI=1S/C10H22N2O/c1-3-6-12(8-9-13)7-5-10(11)4-2/h3,10,13H,1,4-9,11H2,2H3. The predicted octanol–water partition coefficient (Wildman–Crippen LogP) is 0.594. The van der Waals surface area contributed by atoms with Crippen molar-refractivity contribution < 1.29 is 5.11 Å². The third-order valence-corrected chi connectivity index (χ3v) is 2.14. The number of hydrogen-bond acceptors (Lipinski definition) is 3. The van der Waals surface area contributed by atoms with Crippen LogP contribution in [0.25, 0.3) is 0 Å². The summed E-state index contributed by atoms with van der Waals surface area (Å²) in [7, 11) is 0.